The molecule has 0 aromatic heterocycles. The van der Waals surface area contributed by atoms with Crippen molar-refractivity contribution in [3.8, 4) is 5.75 Å². The van der Waals surface area contributed by atoms with Crippen LogP contribution in [-0.2, 0) is 16.4 Å². The SMILES string of the molecule is CNC(=O)c1cc(S(=O)(=O)N2CCCc3cc(C)ccc32)ccc1OC. The van der Waals surface area contributed by atoms with Crippen LogP contribution in [0, 0.1) is 6.92 Å². The zero-order valence-electron chi connectivity index (χ0n) is 15.1. The number of benzene rings is 2. The minimum absolute atomic E-state index is 0.0744. The molecule has 2 aromatic rings. The lowest BCUT2D eigenvalue weighted by atomic mass is 10.0. The molecule has 6 nitrogen and oxygen atoms in total. The van der Waals surface area contributed by atoms with Crippen LogP contribution in [0.4, 0.5) is 5.69 Å². The van der Waals surface area contributed by atoms with Crippen molar-refractivity contribution in [1.82, 2.24) is 5.32 Å². The Morgan fingerprint density at radius 2 is 1.96 bits per heavy atom. The van der Waals surface area contributed by atoms with Crippen molar-refractivity contribution in [2.24, 2.45) is 0 Å². The van der Waals surface area contributed by atoms with Crippen molar-refractivity contribution in [2.75, 3.05) is 25.0 Å². The van der Waals surface area contributed by atoms with Gasteiger partial charge < -0.3 is 10.1 Å². The summed E-state index contributed by atoms with van der Waals surface area (Å²) in [5, 5.41) is 2.51. The number of carbonyl (C=O) groups is 1. The van der Waals surface area contributed by atoms with Crippen molar-refractivity contribution in [3.05, 3.63) is 53.1 Å². The number of hydrogen-bond acceptors (Lipinski definition) is 4. The third kappa shape index (κ3) is 3.14. The number of anilines is 1. The van der Waals surface area contributed by atoms with Gasteiger partial charge in [-0.15, -0.1) is 0 Å². The fourth-order valence-corrected chi connectivity index (χ4v) is 4.80. The van der Waals surface area contributed by atoms with Crippen molar-refractivity contribution >= 4 is 21.6 Å². The van der Waals surface area contributed by atoms with Gasteiger partial charge in [0, 0.05) is 13.6 Å². The monoisotopic (exact) mass is 374 g/mol. The van der Waals surface area contributed by atoms with Gasteiger partial charge in [0.2, 0.25) is 0 Å². The second kappa shape index (κ2) is 6.99. The second-order valence-corrected chi connectivity index (χ2v) is 8.12. The highest BCUT2D eigenvalue weighted by Gasteiger charge is 2.30. The maximum atomic E-state index is 13.3. The molecule has 1 aliphatic heterocycles. The summed E-state index contributed by atoms with van der Waals surface area (Å²) in [6, 6.07) is 10.2. The number of sulfonamides is 1. The van der Waals surface area contributed by atoms with Gasteiger partial charge in [-0.3, -0.25) is 9.10 Å². The molecular formula is C19H22N2O4S. The Morgan fingerprint density at radius 3 is 2.65 bits per heavy atom. The Balaban J connectivity index is 2.09. The van der Waals surface area contributed by atoms with E-state index in [-0.39, 0.29) is 10.5 Å². The number of carbonyl (C=O) groups excluding carboxylic acids is 1. The maximum Gasteiger partial charge on any atom is 0.264 e. The van der Waals surface area contributed by atoms with Crippen LogP contribution >= 0.6 is 0 Å². The van der Waals surface area contributed by atoms with Gasteiger partial charge >= 0.3 is 0 Å². The van der Waals surface area contributed by atoms with E-state index in [1.165, 1.54) is 36.7 Å². The Labute approximate surface area is 153 Å². The van der Waals surface area contributed by atoms with Gasteiger partial charge in [-0.25, -0.2) is 8.42 Å². The van der Waals surface area contributed by atoms with E-state index in [9.17, 15) is 13.2 Å². The molecule has 0 bridgehead atoms. The van der Waals surface area contributed by atoms with Gasteiger partial charge in [-0.1, -0.05) is 17.7 Å². The fraction of sp³-hybridized carbons (Fsp3) is 0.316. The zero-order chi connectivity index (χ0) is 18.9. The Morgan fingerprint density at radius 1 is 1.19 bits per heavy atom. The lowest BCUT2D eigenvalue weighted by molar-refractivity contribution is 0.0960. The summed E-state index contributed by atoms with van der Waals surface area (Å²) < 4.78 is 33.1. The summed E-state index contributed by atoms with van der Waals surface area (Å²) in [5.74, 6) is -0.0634. The number of amides is 1. The van der Waals surface area contributed by atoms with Crippen LogP contribution in [0.2, 0.25) is 0 Å². The van der Waals surface area contributed by atoms with E-state index in [2.05, 4.69) is 5.32 Å². The molecule has 1 amide bonds. The first-order valence-electron chi connectivity index (χ1n) is 8.41. The smallest absolute Gasteiger partial charge is 0.264 e. The molecule has 138 valence electrons. The van der Waals surface area contributed by atoms with Crippen LogP contribution in [0.15, 0.2) is 41.3 Å². The lowest BCUT2D eigenvalue weighted by Gasteiger charge is -2.31. The highest BCUT2D eigenvalue weighted by molar-refractivity contribution is 7.92. The van der Waals surface area contributed by atoms with Crippen molar-refractivity contribution in [2.45, 2.75) is 24.7 Å². The topological polar surface area (TPSA) is 75.7 Å². The van der Waals surface area contributed by atoms with Crippen LogP contribution in [0.1, 0.15) is 27.9 Å². The molecule has 1 aliphatic rings. The molecule has 7 heteroatoms. The summed E-state index contributed by atoms with van der Waals surface area (Å²) in [6.07, 6.45) is 1.61. The molecule has 26 heavy (non-hydrogen) atoms. The number of rotatable bonds is 4. The van der Waals surface area contributed by atoms with E-state index in [0.717, 1.165) is 24.0 Å². The number of ether oxygens (including phenoxy) is 1. The summed E-state index contributed by atoms with van der Waals surface area (Å²) in [4.78, 5) is 12.2. The number of hydrogen-bond donors (Lipinski definition) is 1. The molecule has 1 heterocycles. The molecule has 3 rings (SSSR count). The lowest BCUT2D eigenvalue weighted by Crippen LogP contribution is -2.35. The van der Waals surface area contributed by atoms with Gasteiger partial charge in [0.1, 0.15) is 5.75 Å². The molecule has 0 radical (unpaired) electrons. The summed E-state index contributed by atoms with van der Waals surface area (Å²) >= 11 is 0. The molecule has 0 fully saturated rings. The van der Waals surface area contributed by atoms with Gasteiger partial charge in [0.25, 0.3) is 15.9 Å². The van der Waals surface area contributed by atoms with Gasteiger partial charge in [0.05, 0.1) is 23.3 Å². The Bertz CT molecular complexity index is 954. The van der Waals surface area contributed by atoms with E-state index in [0.29, 0.717) is 18.0 Å². The molecule has 0 saturated heterocycles. The van der Waals surface area contributed by atoms with Crippen LogP contribution in [-0.4, -0.2) is 35.0 Å². The molecule has 0 atom stereocenters. The normalized spacial score (nSPS) is 13.9. The van der Waals surface area contributed by atoms with E-state index in [1.54, 1.807) is 0 Å². The summed E-state index contributed by atoms with van der Waals surface area (Å²) in [6.45, 7) is 2.41. The highest BCUT2D eigenvalue weighted by Crippen LogP contribution is 2.33. The zero-order valence-corrected chi connectivity index (χ0v) is 15.9. The van der Waals surface area contributed by atoms with E-state index in [4.69, 9.17) is 4.74 Å². The predicted octanol–water partition coefficient (Wildman–Crippen LogP) is 2.50. The van der Waals surface area contributed by atoms with E-state index >= 15 is 0 Å². The first-order valence-corrected chi connectivity index (χ1v) is 9.85. The number of fused-ring (bicyclic) bond motifs is 1. The number of methoxy groups -OCH3 is 1. The number of aryl methyl sites for hydroxylation is 2. The van der Waals surface area contributed by atoms with Gasteiger partial charge in [-0.2, -0.15) is 0 Å². The third-order valence-electron chi connectivity index (χ3n) is 4.54. The Hall–Kier alpha value is -2.54. The van der Waals surface area contributed by atoms with Crippen molar-refractivity contribution in [1.29, 1.82) is 0 Å². The first kappa shape index (κ1) is 18.3. The summed E-state index contributed by atoms with van der Waals surface area (Å²) in [7, 11) is -0.844. The molecule has 0 spiro atoms. The molecule has 1 N–H and O–H groups in total. The van der Waals surface area contributed by atoms with Gasteiger partial charge in [0.15, 0.2) is 0 Å². The minimum Gasteiger partial charge on any atom is -0.496 e. The average molecular weight is 374 g/mol. The van der Waals surface area contributed by atoms with Crippen LogP contribution in [0.25, 0.3) is 0 Å². The molecule has 0 saturated carbocycles. The second-order valence-electron chi connectivity index (χ2n) is 6.25. The molecule has 2 aromatic carbocycles. The quantitative estimate of drug-likeness (QED) is 0.892. The number of nitrogens with zero attached hydrogens (tertiary/aromatic N) is 1. The predicted molar refractivity (Wildman–Crippen MR) is 100 cm³/mol. The Kier molecular flexibility index (Phi) is 4.91. The van der Waals surface area contributed by atoms with Crippen LogP contribution in [0.5, 0.6) is 5.75 Å². The summed E-state index contributed by atoms with van der Waals surface area (Å²) in [5.41, 5.74) is 3.03. The molecule has 0 aliphatic carbocycles. The molecule has 0 unspecified atom stereocenters. The third-order valence-corrected chi connectivity index (χ3v) is 6.35. The largest absolute Gasteiger partial charge is 0.496 e. The average Bonchev–Trinajstić information content (AvgIpc) is 2.65. The standard InChI is InChI=1S/C19H22N2O4S/c1-13-6-8-17-14(11-13)5-4-10-21(17)26(23,24)15-7-9-18(25-3)16(12-15)19(22)20-2/h6-9,11-12H,4-5,10H2,1-3H3,(H,20,22). The van der Waals surface area contributed by atoms with E-state index in [1.807, 2.05) is 25.1 Å². The minimum atomic E-state index is -3.78. The maximum absolute atomic E-state index is 13.3. The molecular weight excluding hydrogens is 352 g/mol. The van der Waals surface area contributed by atoms with Crippen molar-refractivity contribution < 1.29 is 17.9 Å². The fourth-order valence-electron chi connectivity index (χ4n) is 3.23. The van der Waals surface area contributed by atoms with Crippen LogP contribution in [0.3, 0.4) is 0 Å². The highest BCUT2D eigenvalue weighted by atomic mass is 32.2. The number of nitrogens with one attached hydrogen (secondary N) is 1. The van der Waals surface area contributed by atoms with Crippen LogP contribution < -0.4 is 14.4 Å². The van der Waals surface area contributed by atoms with Crippen molar-refractivity contribution in [3.63, 3.8) is 0 Å². The first-order chi connectivity index (χ1) is 12.4. The van der Waals surface area contributed by atoms with E-state index < -0.39 is 15.9 Å². The van der Waals surface area contributed by atoms with Gasteiger partial charge in [-0.05, 0) is 49.6 Å².